The molecule has 0 saturated carbocycles. The summed E-state index contributed by atoms with van der Waals surface area (Å²) < 4.78 is 0. The normalized spacial score (nSPS) is 20.2. The zero-order valence-corrected chi connectivity index (χ0v) is 11.2. The fourth-order valence-electron chi connectivity index (χ4n) is 2.30. The molecule has 0 bridgehead atoms. The molecule has 0 radical (unpaired) electrons. The molecule has 0 spiro atoms. The van der Waals surface area contributed by atoms with Crippen molar-refractivity contribution in [2.45, 2.75) is 47.0 Å². The number of likely N-dealkylation sites (tertiary alicyclic amines) is 1. The second kappa shape index (κ2) is 4.77. The van der Waals surface area contributed by atoms with E-state index in [0.717, 1.165) is 0 Å². The van der Waals surface area contributed by atoms with Gasteiger partial charge in [-0.2, -0.15) is 0 Å². The monoisotopic (exact) mass is 241 g/mol. The highest BCUT2D eigenvalue weighted by atomic mass is 16.3. The largest absolute Gasteiger partial charge is 0.396 e. The summed E-state index contributed by atoms with van der Waals surface area (Å²) in [6.07, 6.45) is 1.72. The summed E-state index contributed by atoms with van der Waals surface area (Å²) in [4.78, 5) is 25.6. The number of amides is 2. The lowest BCUT2D eigenvalue weighted by Crippen LogP contribution is -2.42. The fourth-order valence-corrected chi connectivity index (χ4v) is 2.30. The average Bonchev–Trinajstić information content (AvgIpc) is 2.53. The molecular weight excluding hydrogens is 218 g/mol. The number of aliphatic hydroxyl groups excluding tert-OH is 1. The number of aliphatic hydroxyl groups is 1. The van der Waals surface area contributed by atoms with Crippen LogP contribution in [0.2, 0.25) is 0 Å². The Morgan fingerprint density at radius 3 is 2.18 bits per heavy atom. The van der Waals surface area contributed by atoms with Crippen molar-refractivity contribution >= 4 is 11.8 Å². The van der Waals surface area contributed by atoms with Crippen molar-refractivity contribution in [2.75, 3.05) is 13.2 Å². The molecule has 1 saturated heterocycles. The molecule has 1 N–H and O–H groups in total. The maximum absolute atomic E-state index is 12.3. The number of hydrogen-bond acceptors (Lipinski definition) is 3. The number of imide groups is 1. The first-order valence-electron chi connectivity index (χ1n) is 6.27. The maximum atomic E-state index is 12.3. The minimum Gasteiger partial charge on any atom is -0.396 e. The first kappa shape index (κ1) is 14.2. The quantitative estimate of drug-likeness (QED) is 0.743. The van der Waals surface area contributed by atoms with Crippen LogP contribution in [0.5, 0.6) is 0 Å². The van der Waals surface area contributed by atoms with Gasteiger partial charge in [-0.05, 0) is 12.8 Å². The van der Waals surface area contributed by atoms with Crippen LogP contribution in [-0.2, 0) is 9.59 Å². The lowest BCUT2D eigenvalue weighted by Gasteiger charge is -2.29. The van der Waals surface area contributed by atoms with Crippen molar-refractivity contribution in [3.8, 4) is 0 Å². The number of nitrogens with zero attached hydrogens (tertiary/aromatic N) is 1. The van der Waals surface area contributed by atoms with E-state index in [0.29, 0.717) is 25.8 Å². The second-order valence-electron chi connectivity index (χ2n) is 5.77. The summed E-state index contributed by atoms with van der Waals surface area (Å²) in [7, 11) is 0. The Hall–Kier alpha value is -0.900. The topological polar surface area (TPSA) is 57.6 Å². The minimum absolute atomic E-state index is 0.0324. The van der Waals surface area contributed by atoms with Gasteiger partial charge in [0.05, 0.1) is 5.41 Å². The maximum Gasteiger partial charge on any atom is 0.235 e. The molecule has 0 aromatic carbocycles. The minimum atomic E-state index is -0.497. The van der Waals surface area contributed by atoms with Crippen LogP contribution in [0, 0.1) is 10.8 Å². The number of carbonyl (C=O) groups is 2. The van der Waals surface area contributed by atoms with Crippen LogP contribution in [0.4, 0.5) is 0 Å². The van der Waals surface area contributed by atoms with E-state index >= 15 is 0 Å². The predicted molar refractivity (Wildman–Crippen MR) is 65.2 cm³/mol. The molecule has 2 amide bonds. The Bertz CT molecular complexity index is 319. The second-order valence-corrected chi connectivity index (χ2v) is 5.77. The Kier molecular flexibility index (Phi) is 3.97. The summed E-state index contributed by atoms with van der Waals surface area (Å²) >= 11 is 0. The van der Waals surface area contributed by atoms with Crippen LogP contribution >= 0.6 is 0 Å². The van der Waals surface area contributed by atoms with Gasteiger partial charge < -0.3 is 5.11 Å². The van der Waals surface area contributed by atoms with Gasteiger partial charge in [0, 0.05) is 25.0 Å². The molecule has 0 aromatic rings. The molecule has 1 aliphatic rings. The molecule has 0 unspecified atom stereocenters. The molecule has 0 aromatic heterocycles. The van der Waals surface area contributed by atoms with E-state index < -0.39 is 10.8 Å². The molecule has 1 rings (SSSR count). The van der Waals surface area contributed by atoms with E-state index in [2.05, 4.69) is 0 Å². The van der Waals surface area contributed by atoms with E-state index in [1.165, 1.54) is 4.90 Å². The molecule has 4 nitrogen and oxygen atoms in total. The predicted octanol–water partition coefficient (Wildman–Crippen LogP) is 1.57. The summed E-state index contributed by atoms with van der Waals surface area (Å²) in [6.45, 7) is 7.89. The highest BCUT2D eigenvalue weighted by Gasteiger charge is 2.49. The third-order valence-corrected chi connectivity index (χ3v) is 3.86. The van der Waals surface area contributed by atoms with Gasteiger partial charge in [0.15, 0.2) is 0 Å². The number of rotatable bonds is 5. The van der Waals surface area contributed by atoms with E-state index in [9.17, 15) is 14.7 Å². The van der Waals surface area contributed by atoms with Crippen molar-refractivity contribution in [3.05, 3.63) is 0 Å². The van der Waals surface area contributed by atoms with Crippen molar-refractivity contribution in [1.82, 2.24) is 4.90 Å². The van der Waals surface area contributed by atoms with Crippen molar-refractivity contribution in [3.63, 3.8) is 0 Å². The van der Waals surface area contributed by atoms with E-state index in [-0.39, 0.29) is 18.4 Å². The highest BCUT2D eigenvalue weighted by molar-refractivity contribution is 6.05. The van der Waals surface area contributed by atoms with Crippen LogP contribution in [-0.4, -0.2) is 35.0 Å². The molecule has 4 heteroatoms. The highest BCUT2D eigenvalue weighted by Crippen LogP contribution is 2.40. The van der Waals surface area contributed by atoms with Gasteiger partial charge in [0.25, 0.3) is 0 Å². The Labute approximate surface area is 103 Å². The van der Waals surface area contributed by atoms with Gasteiger partial charge in [-0.3, -0.25) is 14.5 Å². The Morgan fingerprint density at radius 1 is 1.29 bits per heavy atom. The Morgan fingerprint density at radius 2 is 1.82 bits per heavy atom. The molecular formula is C13H23NO3. The number of carbonyl (C=O) groups excluding carboxylic acids is 2. The third kappa shape index (κ3) is 2.51. The van der Waals surface area contributed by atoms with E-state index in [1.54, 1.807) is 0 Å². The molecule has 0 aliphatic carbocycles. The first-order valence-corrected chi connectivity index (χ1v) is 6.27. The molecule has 1 aliphatic heterocycles. The lowest BCUT2D eigenvalue weighted by molar-refractivity contribution is -0.143. The summed E-state index contributed by atoms with van der Waals surface area (Å²) in [5.74, 6) is -0.158. The van der Waals surface area contributed by atoms with Crippen LogP contribution in [0.25, 0.3) is 0 Å². The molecule has 0 atom stereocenters. The Balaban J connectivity index is 2.90. The molecule has 1 heterocycles. The standard InChI is InChI=1S/C13H23NO3/c1-5-13(6-2)7-10(16)14(11(13)17)8-12(3,4)9-15/h15H,5-9H2,1-4H3. The van der Waals surface area contributed by atoms with Crippen LogP contribution in [0.3, 0.4) is 0 Å². The average molecular weight is 241 g/mol. The van der Waals surface area contributed by atoms with Crippen LogP contribution < -0.4 is 0 Å². The smallest absolute Gasteiger partial charge is 0.235 e. The van der Waals surface area contributed by atoms with E-state index in [1.807, 2.05) is 27.7 Å². The van der Waals surface area contributed by atoms with Crippen molar-refractivity contribution in [1.29, 1.82) is 0 Å². The first-order chi connectivity index (χ1) is 7.82. The van der Waals surface area contributed by atoms with Gasteiger partial charge in [-0.25, -0.2) is 0 Å². The fraction of sp³-hybridized carbons (Fsp3) is 0.846. The van der Waals surface area contributed by atoms with Gasteiger partial charge in [-0.15, -0.1) is 0 Å². The molecule has 17 heavy (non-hydrogen) atoms. The molecule has 1 fully saturated rings. The van der Waals surface area contributed by atoms with Gasteiger partial charge >= 0.3 is 0 Å². The summed E-state index contributed by atoms with van der Waals surface area (Å²) in [6, 6.07) is 0. The van der Waals surface area contributed by atoms with Crippen LogP contribution in [0.1, 0.15) is 47.0 Å². The SMILES string of the molecule is CCC1(CC)CC(=O)N(CC(C)(C)CO)C1=O. The van der Waals surface area contributed by atoms with Crippen molar-refractivity contribution < 1.29 is 14.7 Å². The van der Waals surface area contributed by atoms with Gasteiger partial charge in [0.2, 0.25) is 11.8 Å². The third-order valence-electron chi connectivity index (χ3n) is 3.86. The molecule has 98 valence electrons. The van der Waals surface area contributed by atoms with E-state index in [4.69, 9.17) is 0 Å². The van der Waals surface area contributed by atoms with Crippen LogP contribution in [0.15, 0.2) is 0 Å². The lowest BCUT2D eigenvalue weighted by atomic mass is 9.81. The van der Waals surface area contributed by atoms with Gasteiger partial charge in [-0.1, -0.05) is 27.7 Å². The zero-order valence-electron chi connectivity index (χ0n) is 11.2. The summed E-state index contributed by atoms with van der Waals surface area (Å²) in [5, 5.41) is 9.22. The zero-order chi connectivity index (χ0) is 13.3. The number of hydrogen-bond donors (Lipinski definition) is 1. The van der Waals surface area contributed by atoms with Gasteiger partial charge in [0.1, 0.15) is 0 Å². The summed E-state index contributed by atoms with van der Waals surface area (Å²) in [5.41, 5.74) is -0.925. The van der Waals surface area contributed by atoms with Crippen molar-refractivity contribution in [2.24, 2.45) is 10.8 Å².